The van der Waals surface area contributed by atoms with Crippen LogP contribution in [0, 0.1) is 5.41 Å². The summed E-state index contributed by atoms with van der Waals surface area (Å²) in [5, 5.41) is 3.60. The van der Waals surface area contributed by atoms with Crippen molar-refractivity contribution in [3.8, 4) is 0 Å². The first-order chi connectivity index (χ1) is 5.33. The molecule has 0 spiro atoms. The maximum atomic E-state index is 3.60. The van der Waals surface area contributed by atoms with Crippen LogP contribution in [0.4, 0.5) is 0 Å². The molecule has 0 aromatic carbocycles. The Balaban J connectivity index is 3.44. The Morgan fingerprint density at radius 3 is 2.08 bits per heavy atom. The van der Waals surface area contributed by atoms with Crippen LogP contribution in [0.15, 0.2) is 0 Å². The minimum atomic E-state index is 0.0574. The molecule has 0 amide bonds. The lowest BCUT2D eigenvalue weighted by molar-refractivity contribution is 0.379. The second kappa shape index (κ2) is 5.19. The average Bonchev–Trinajstić information content (AvgIpc) is 1.84. The van der Waals surface area contributed by atoms with Crippen LogP contribution in [-0.4, -0.2) is 18.9 Å². The van der Waals surface area contributed by atoms with Crippen molar-refractivity contribution in [3.63, 3.8) is 0 Å². The Morgan fingerprint density at radius 1 is 1.25 bits per heavy atom. The van der Waals surface area contributed by atoms with Gasteiger partial charge in [-0.15, -0.1) is 0 Å². The average molecular weight is 189 g/mol. The minimum absolute atomic E-state index is 0.0574. The first kappa shape index (κ1) is 12.4. The van der Waals surface area contributed by atoms with E-state index in [0.717, 1.165) is 5.66 Å². The van der Waals surface area contributed by atoms with E-state index in [0.29, 0.717) is 5.41 Å². The molecule has 0 bridgehead atoms. The summed E-state index contributed by atoms with van der Waals surface area (Å²) < 4.78 is 0. The third-order valence-electron chi connectivity index (χ3n) is 2.01. The first-order valence-electron chi connectivity index (χ1n) is 4.79. The number of hydrogen-bond donors (Lipinski definition) is 1. The lowest BCUT2D eigenvalue weighted by atomic mass is 9.93. The summed E-state index contributed by atoms with van der Waals surface area (Å²) in [6.07, 6.45) is 1.27. The summed E-state index contributed by atoms with van der Waals surface area (Å²) in [5.74, 6) is 0. The van der Waals surface area contributed by atoms with Gasteiger partial charge in [-0.1, -0.05) is 34.6 Å². The molecule has 2 heteroatoms. The van der Waals surface area contributed by atoms with Crippen LogP contribution in [0.3, 0.4) is 0 Å². The topological polar surface area (TPSA) is 12.0 Å². The molecule has 1 unspecified atom stereocenters. The van der Waals surface area contributed by atoms with E-state index in [1.807, 2.05) is 0 Å². The van der Waals surface area contributed by atoms with E-state index in [9.17, 15) is 0 Å². The fourth-order valence-electron chi connectivity index (χ4n) is 0.790. The van der Waals surface area contributed by atoms with E-state index >= 15 is 0 Å². The Bertz CT molecular complexity index is 115. The number of rotatable bonds is 4. The van der Waals surface area contributed by atoms with Crippen LogP contribution in [0.5, 0.6) is 0 Å². The predicted octanol–water partition coefficient (Wildman–Crippen LogP) is 3.45. The van der Waals surface area contributed by atoms with E-state index in [4.69, 9.17) is 0 Å². The third kappa shape index (κ3) is 7.06. The van der Waals surface area contributed by atoms with Gasteiger partial charge in [0, 0.05) is 0 Å². The SMILES string of the molecule is CC(C)P(C)NCCC(C)(C)C. The molecule has 1 atom stereocenters. The molecule has 0 aliphatic heterocycles. The Hall–Kier alpha value is 0.390. The molecule has 0 aliphatic rings. The molecule has 0 saturated heterocycles. The van der Waals surface area contributed by atoms with Gasteiger partial charge in [0.05, 0.1) is 0 Å². The largest absolute Gasteiger partial charge is 0.296 e. The second-order valence-electron chi connectivity index (χ2n) is 4.92. The number of nitrogens with one attached hydrogen (secondary N) is 1. The fourth-order valence-corrected chi connectivity index (χ4v) is 1.62. The quantitative estimate of drug-likeness (QED) is 0.668. The molecule has 1 nitrogen and oxygen atoms in total. The Kier molecular flexibility index (Phi) is 5.36. The smallest absolute Gasteiger partial charge is 0.000497 e. The monoisotopic (exact) mass is 189 g/mol. The summed E-state index contributed by atoms with van der Waals surface area (Å²) in [7, 11) is 0.0574. The van der Waals surface area contributed by atoms with E-state index < -0.39 is 0 Å². The third-order valence-corrected chi connectivity index (χ3v) is 4.28. The molecule has 0 fully saturated rings. The highest BCUT2D eigenvalue weighted by atomic mass is 31.1. The van der Waals surface area contributed by atoms with Gasteiger partial charge in [-0.3, -0.25) is 5.09 Å². The van der Waals surface area contributed by atoms with Crippen molar-refractivity contribution in [1.29, 1.82) is 0 Å². The highest BCUT2D eigenvalue weighted by Crippen LogP contribution is 2.31. The summed E-state index contributed by atoms with van der Waals surface area (Å²) in [5.41, 5.74) is 1.28. The van der Waals surface area contributed by atoms with Crippen molar-refractivity contribution >= 4 is 8.07 Å². The van der Waals surface area contributed by atoms with Gasteiger partial charge in [-0.05, 0) is 38.8 Å². The van der Waals surface area contributed by atoms with Gasteiger partial charge < -0.3 is 0 Å². The molecule has 0 saturated carbocycles. The normalized spacial score (nSPS) is 15.2. The van der Waals surface area contributed by atoms with Crippen molar-refractivity contribution in [1.82, 2.24) is 5.09 Å². The van der Waals surface area contributed by atoms with Gasteiger partial charge in [0.25, 0.3) is 0 Å². The molecule has 0 radical (unpaired) electrons. The van der Waals surface area contributed by atoms with Crippen molar-refractivity contribution in [3.05, 3.63) is 0 Å². The predicted molar refractivity (Wildman–Crippen MR) is 60.1 cm³/mol. The molecular formula is C10H24NP. The molecule has 0 heterocycles. The van der Waals surface area contributed by atoms with Crippen molar-refractivity contribution in [2.75, 3.05) is 13.2 Å². The van der Waals surface area contributed by atoms with Gasteiger partial charge in [0.1, 0.15) is 0 Å². The summed E-state index contributed by atoms with van der Waals surface area (Å²) >= 11 is 0. The zero-order chi connectivity index (χ0) is 9.78. The zero-order valence-corrected chi connectivity index (χ0v) is 10.3. The van der Waals surface area contributed by atoms with Crippen LogP contribution in [0.2, 0.25) is 0 Å². The summed E-state index contributed by atoms with van der Waals surface area (Å²) in [4.78, 5) is 0. The highest BCUT2D eigenvalue weighted by molar-refractivity contribution is 7.55. The lowest BCUT2D eigenvalue weighted by Crippen LogP contribution is -2.18. The molecule has 12 heavy (non-hydrogen) atoms. The zero-order valence-electron chi connectivity index (χ0n) is 9.44. The first-order valence-corrected chi connectivity index (χ1v) is 6.65. The second-order valence-corrected chi connectivity index (χ2v) is 7.49. The van der Waals surface area contributed by atoms with Gasteiger partial charge >= 0.3 is 0 Å². The molecule has 0 rings (SSSR count). The number of hydrogen-bond acceptors (Lipinski definition) is 1. The van der Waals surface area contributed by atoms with Crippen LogP contribution >= 0.6 is 8.07 Å². The standard InChI is InChI=1S/C10H24NP/c1-9(2)12(6)11-8-7-10(3,4)5/h9,11H,7-8H2,1-6H3. The van der Waals surface area contributed by atoms with Crippen molar-refractivity contribution in [2.24, 2.45) is 5.41 Å². The van der Waals surface area contributed by atoms with Gasteiger partial charge in [0.2, 0.25) is 0 Å². The van der Waals surface area contributed by atoms with E-state index in [1.54, 1.807) is 0 Å². The van der Waals surface area contributed by atoms with Crippen LogP contribution in [0.1, 0.15) is 41.0 Å². The molecule has 0 aliphatic carbocycles. The Morgan fingerprint density at radius 2 is 1.75 bits per heavy atom. The highest BCUT2D eigenvalue weighted by Gasteiger charge is 2.11. The van der Waals surface area contributed by atoms with E-state index in [1.165, 1.54) is 13.0 Å². The van der Waals surface area contributed by atoms with Gasteiger partial charge in [-0.25, -0.2) is 0 Å². The van der Waals surface area contributed by atoms with Crippen LogP contribution < -0.4 is 5.09 Å². The lowest BCUT2D eigenvalue weighted by Gasteiger charge is -2.22. The van der Waals surface area contributed by atoms with Crippen molar-refractivity contribution < 1.29 is 0 Å². The molecule has 0 aromatic heterocycles. The minimum Gasteiger partial charge on any atom is -0.296 e. The van der Waals surface area contributed by atoms with Gasteiger partial charge in [0.15, 0.2) is 0 Å². The summed E-state index contributed by atoms with van der Waals surface area (Å²) in [6, 6.07) is 0. The van der Waals surface area contributed by atoms with Crippen molar-refractivity contribution in [2.45, 2.75) is 46.7 Å². The van der Waals surface area contributed by atoms with Crippen LogP contribution in [-0.2, 0) is 0 Å². The fraction of sp³-hybridized carbons (Fsp3) is 1.00. The van der Waals surface area contributed by atoms with E-state index in [2.05, 4.69) is 46.4 Å². The molecule has 74 valence electrons. The van der Waals surface area contributed by atoms with Gasteiger partial charge in [-0.2, -0.15) is 0 Å². The maximum absolute atomic E-state index is 3.60. The maximum Gasteiger partial charge on any atom is -0.000497 e. The van der Waals surface area contributed by atoms with Crippen LogP contribution in [0.25, 0.3) is 0 Å². The Labute approximate surface area is 79.1 Å². The molecule has 1 N–H and O–H groups in total. The summed E-state index contributed by atoms with van der Waals surface area (Å²) in [6.45, 7) is 14.9. The molecular weight excluding hydrogens is 165 g/mol. The molecule has 0 aromatic rings. The van der Waals surface area contributed by atoms with E-state index in [-0.39, 0.29) is 8.07 Å².